The molecule has 250 valence electrons. The summed E-state index contributed by atoms with van der Waals surface area (Å²) in [6.45, 7) is 3.95. The summed E-state index contributed by atoms with van der Waals surface area (Å²) in [5.74, 6) is -0.601. The zero-order valence-corrected chi connectivity index (χ0v) is 27.8. The molecular formula is C36H71NO5. The minimum Gasteiger partial charge on any atom is -0.394 e. The van der Waals surface area contributed by atoms with Crippen molar-refractivity contribution in [1.29, 1.82) is 0 Å². The average molecular weight is 598 g/mol. The molecule has 0 radical (unpaired) electrons. The lowest BCUT2D eigenvalue weighted by Crippen LogP contribution is -2.53. The highest BCUT2D eigenvalue weighted by Gasteiger charge is 2.28. The molecule has 0 bridgehead atoms. The Kier molecular flexibility index (Phi) is 30.8. The summed E-state index contributed by atoms with van der Waals surface area (Å²) in [6, 6.07) is -0.993. The number of hydrogen-bond acceptors (Lipinski definition) is 5. The van der Waals surface area contributed by atoms with Gasteiger partial charge in [0, 0.05) is 0 Å². The monoisotopic (exact) mass is 598 g/mol. The van der Waals surface area contributed by atoms with Crippen molar-refractivity contribution in [2.75, 3.05) is 6.61 Å². The molecule has 0 heterocycles. The summed E-state index contributed by atoms with van der Waals surface area (Å²) in [6.07, 6.45) is 31.3. The molecule has 0 aliphatic rings. The van der Waals surface area contributed by atoms with E-state index >= 15 is 0 Å². The Morgan fingerprint density at radius 3 is 1.43 bits per heavy atom. The minimum atomic E-state index is -1.27. The lowest BCUT2D eigenvalue weighted by atomic mass is 10.00. The second-order valence-corrected chi connectivity index (χ2v) is 12.6. The van der Waals surface area contributed by atoms with Crippen LogP contribution in [0.5, 0.6) is 0 Å². The fourth-order valence-electron chi connectivity index (χ4n) is 5.52. The van der Waals surface area contributed by atoms with Gasteiger partial charge in [0.2, 0.25) is 5.91 Å². The van der Waals surface area contributed by atoms with Crippen LogP contribution < -0.4 is 5.32 Å². The number of aliphatic hydroxyl groups is 4. The predicted octanol–water partition coefficient (Wildman–Crippen LogP) is 8.28. The largest absolute Gasteiger partial charge is 0.394 e. The summed E-state index contributed by atoms with van der Waals surface area (Å²) < 4.78 is 0. The molecule has 5 N–H and O–H groups in total. The second-order valence-electron chi connectivity index (χ2n) is 12.6. The van der Waals surface area contributed by atoms with Crippen LogP contribution in [0.4, 0.5) is 0 Å². The van der Waals surface area contributed by atoms with Crippen LogP contribution in [0, 0.1) is 0 Å². The third-order valence-electron chi connectivity index (χ3n) is 8.48. The summed E-state index contributed by atoms with van der Waals surface area (Å²) >= 11 is 0. The van der Waals surface area contributed by atoms with Crippen molar-refractivity contribution in [3.05, 3.63) is 12.2 Å². The Morgan fingerprint density at radius 1 is 0.571 bits per heavy atom. The van der Waals surface area contributed by atoms with Gasteiger partial charge >= 0.3 is 0 Å². The minimum absolute atomic E-state index is 0.362. The van der Waals surface area contributed by atoms with E-state index in [9.17, 15) is 25.2 Å². The van der Waals surface area contributed by atoms with Gasteiger partial charge < -0.3 is 25.7 Å². The Morgan fingerprint density at radius 2 is 0.976 bits per heavy atom. The Balaban J connectivity index is 3.74. The lowest BCUT2D eigenvalue weighted by Gasteiger charge is -2.27. The quantitative estimate of drug-likeness (QED) is 0.0396. The van der Waals surface area contributed by atoms with Gasteiger partial charge in [-0.25, -0.2) is 0 Å². The van der Waals surface area contributed by atoms with Gasteiger partial charge in [-0.05, 0) is 38.5 Å². The van der Waals surface area contributed by atoms with E-state index in [1.807, 2.05) is 0 Å². The van der Waals surface area contributed by atoms with E-state index in [4.69, 9.17) is 0 Å². The van der Waals surface area contributed by atoms with Crippen molar-refractivity contribution < 1.29 is 25.2 Å². The first kappa shape index (κ1) is 41.0. The highest BCUT2D eigenvalue weighted by Crippen LogP contribution is 2.15. The number of carbonyl (C=O) groups excluding carboxylic acids is 1. The van der Waals surface area contributed by atoms with Crippen molar-refractivity contribution in [2.45, 2.75) is 205 Å². The van der Waals surface area contributed by atoms with Crippen LogP contribution >= 0.6 is 0 Å². The lowest BCUT2D eigenvalue weighted by molar-refractivity contribution is -0.132. The Labute approximate surface area is 260 Å². The third kappa shape index (κ3) is 25.5. The van der Waals surface area contributed by atoms with E-state index in [2.05, 4.69) is 31.3 Å². The molecule has 0 aliphatic carbocycles. The molecule has 0 unspecified atom stereocenters. The van der Waals surface area contributed by atoms with Gasteiger partial charge in [0.05, 0.1) is 18.8 Å². The molecule has 42 heavy (non-hydrogen) atoms. The van der Waals surface area contributed by atoms with Crippen molar-refractivity contribution >= 4 is 5.91 Å². The smallest absolute Gasteiger partial charge is 0.249 e. The van der Waals surface area contributed by atoms with Crippen molar-refractivity contribution in [3.8, 4) is 0 Å². The third-order valence-corrected chi connectivity index (χ3v) is 8.48. The van der Waals surface area contributed by atoms with E-state index in [-0.39, 0.29) is 0 Å². The van der Waals surface area contributed by atoms with E-state index in [1.54, 1.807) is 0 Å². The molecule has 0 aliphatic heterocycles. The zero-order valence-electron chi connectivity index (χ0n) is 27.8. The molecule has 6 heteroatoms. The topological polar surface area (TPSA) is 110 Å². The molecule has 0 aromatic carbocycles. The summed E-state index contributed by atoms with van der Waals surface area (Å²) in [4.78, 5) is 12.3. The number of amides is 1. The van der Waals surface area contributed by atoms with Crippen LogP contribution in [0.25, 0.3) is 0 Å². The molecule has 1 amide bonds. The zero-order chi connectivity index (χ0) is 31.1. The van der Waals surface area contributed by atoms with Gasteiger partial charge in [0.15, 0.2) is 0 Å². The van der Waals surface area contributed by atoms with Gasteiger partial charge in [0.1, 0.15) is 12.2 Å². The van der Waals surface area contributed by atoms with Crippen LogP contribution in [0.2, 0.25) is 0 Å². The van der Waals surface area contributed by atoms with Crippen LogP contribution in [0.1, 0.15) is 181 Å². The maximum absolute atomic E-state index is 12.3. The standard InChI is InChI=1S/C36H71NO5/c1-3-5-7-9-11-12-13-14-15-16-17-18-19-20-21-22-23-24-26-27-29-33(39)35(41)32(31-38)37-36(42)34(40)30-28-25-10-8-6-4-2/h23-24,32-35,38-41H,3-22,25-31H2,1-2H3,(H,37,42)/b24-23+/t32-,33+,34+,35-/m0/s1. The molecule has 0 rings (SSSR count). The summed E-state index contributed by atoms with van der Waals surface area (Å²) in [5, 5.41) is 43.1. The van der Waals surface area contributed by atoms with Gasteiger partial charge in [-0.2, -0.15) is 0 Å². The fraction of sp³-hybridized carbons (Fsp3) is 0.917. The van der Waals surface area contributed by atoms with E-state index < -0.39 is 36.9 Å². The Hall–Kier alpha value is -0.950. The molecule has 0 saturated carbocycles. The van der Waals surface area contributed by atoms with Gasteiger partial charge in [-0.15, -0.1) is 0 Å². The Bertz CT molecular complexity index is 599. The number of rotatable bonds is 32. The number of nitrogens with one attached hydrogen (secondary N) is 1. The van der Waals surface area contributed by atoms with E-state index in [1.165, 1.54) is 116 Å². The fourth-order valence-corrected chi connectivity index (χ4v) is 5.52. The molecule has 0 aromatic heterocycles. The van der Waals surface area contributed by atoms with Crippen molar-refractivity contribution in [2.24, 2.45) is 0 Å². The first-order valence-electron chi connectivity index (χ1n) is 18.1. The molecule has 6 nitrogen and oxygen atoms in total. The average Bonchev–Trinajstić information content (AvgIpc) is 2.99. The van der Waals surface area contributed by atoms with E-state index in [0.717, 1.165) is 38.5 Å². The SMILES string of the molecule is CCCCCCCCCCCCCCCCC/C=C/CCC[C@@H](O)[C@@H](O)[C@H](CO)NC(=O)[C@H](O)CCCCCCCC. The van der Waals surface area contributed by atoms with Gasteiger partial charge in [0.25, 0.3) is 0 Å². The first-order valence-corrected chi connectivity index (χ1v) is 18.1. The number of unbranched alkanes of at least 4 members (excludes halogenated alkanes) is 21. The second kappa shape index (κ2) is 31.5. The molecule has 4 atom stereocenters. The molecule has 0 spiro atoms. The normalized spacial score (nSPS) is 14.7. The van der Waals surface area contributed by atoms with Crippen LogP contribution in [-0.4, -0.2) is 57.3 Å². The summed E-state index contributed by atoms with van der Waals surface area (Å²) in [7, 11) is 0. The summed E-state index contributed by atoms with van der Waals surface area (Å²) in [5.41, 5.74) is 0. The van der Waals surface area contributed by atoms with Crippen molar-refractivity contribution in [3.63, 3.8) is 0 Å². The maximum atomic E-state index is 12.3. The van der Waals surface area contributed by atoms with Crippen LogP contribution in [-0.2, 0) is 4.79 Å². The van der Waals surface area contributed by atoms with Crippen LogP contribution in [0.15, 0.2) is 12.2 Å². The predicted molar refractivity (Wildman–Crippen MR) is 178 cm³/mol. The van der Waals surface area contributed by atoms with Crippen LogP contribution in [0.3, 0.4) is 0 Å². The molecule has 0 saturated heterocycles. The maximum Gasteiger partial charge on any atom is 0.249 e. The van der Waals surface area contributed by atoms with Gasteiger partial charge in [-0.1, -0.05) is 154 Å². The highest BCUT2D eigenvalue weighted by molar-refractivity contribution is 5.80. The molecule has 0 aromatic rings. The number of allylic oxidation sites excluding steroid dienone is 2. The van der Waals surface area contributed by atoms with E-state index in [0.29, 0.717) is 12.8 Å². The number of aliphatic hydroxyl groups excluding tert-OH is 4. The number of hydrogen-bond donors (Lipinski definition) is 5. The molecular weight excluding hydrogens is 526 g/mol. The highest BCUT2D eigenvalue weighted by atomic mass is 16.3. The first-order chi connectivity index (χ1) is 20.5. The number of carbonyl (C=O) groups is 1. The molecule has 0 fully saturated rings. The van der Waals surface area contributed by atoms with Gasteiger partial charge in [-0.3, -0.25) is 4.79 Å². The van der Waals surface area contributed by atoms with Crippen molar-refractivity contribution in [1.82, 2.24) is 5.32 Å².